The van der Waals surface area contributed by atoms with Gasteiger partial charge in [-0.15, -0.1) is 0 Å². The first kappa shape index (κ1) is 8.37. The van der Waals surface area contributed by atoms with E-state index in [0.29, 0.717) is 5.92 Å². The number of hydrogen-bond donors (Lipinski definition) is 1. The van der Waals surface area contributed by atoms with Gasteiger partial charge in [0.2, 0.25) is 0 Å². The zero-order valence-corrected chi connectivity index (χ0v) is 5.79. The fourth-order valence-electron chi connectivity index (χ4n) is 0.352. The fraction of sp³-hybridized carbons (Fsp3) is 0.571. The van der Waals surface area contributed by atoms with Crippen molar-refractivity contribution in [2.75, 3.05) is 6.61 Å². The molecule has 0 aromatic heterocycles. The van der Waals surface area contributed by atoms with Gasteiger partial charge in [-0.25, -0.2) is 0 Å². The van der Waals surface area contributed by atoms with Crippen molar-refractivity contribution in [2.45, 2.75) is 13.8 Å². The number of carbonyl (C=O) groups excluding carboxylic acids is 1. The van der Waals surface area contributed by atoms with Gasteiger partial charge in [0, 0.05) is 0 Å². The Bertz CT molecular complexity index is 114. The Kier molecular flexibility index (Phi) is 3.97. The zero-order chi connectivity index (χ0) is 7.28. The van der Waals surface area contributed by atoms with Gasteiger partial charge >= 0.3 is 0 Å². The van der Waals surface area contributed by atoms with Gasteiger partial charge in [0.1, 0.15) is 6.61 Å². The highest BCUT2D eigenvalue weighted by Gasteiger charge is 1.90. The Labute approximate surface area is 55.2 Å². The van der Waals surface area contributed by atoms with Crippen molar-refractivity contribution in [2.24, 2.45) is 5.92 Å². The predicted molar refractivity (Wildman–Crippen MR) is 36.1 cm³/mol. The monoisotopic (exact) mass is 128 g/mol. The molecule has 0 saturated carbocycles. The van der Waals surface area contributed by atoms with Crippen molar-refractivity contribution in [3.05, 3.63) is 12.2 Å². The first-order valence-corrected chi connectivity index (χ1v) is 2.98. The normalized spacial score (nSPS) is 11.1. The van der Waals surface area contributed by atoms with Crippen molar-refractivity contribution in [1.29, 1.82) is 0 Å². The molecule has 0 fully saturated rings. The lowest BCUT2D eigenvalue weighted by Crippen LogP contribution is -1.98. The lowest BCUT2D eigenvalue weighted by atomic mass is 10.2. The summed E-state index contributed by atoms with van der Waals surface area (Å²) in [6.45, 7) is 3.56. The molecule has 0 rings (SSSR count). The summed E-state index contributed by atoms with van der Waals surface area (Å²) in [5.74, 6) is 0.143. The van der Waals surface area contributed by atoms with Crippen LogP contribution in [0.5, 0.6) is 0 Å². The van der Waals surface area contributed by atoms with Crippen LogP contribution in [0.25, 0.3) is 0 Å². The average molecular weight is 128 g/mol. The molecule has 1 N–H and O–H groups in total. The van der Waals surface area contributed by atoms with E-state index < -0.39 is 0 Å². The van der Waals surface area contributed by atoms with Crippen molar-refractivity contribution >= 4 is 5.78 Å². The SMILES string of the molecule is CC(C)/C=C/C(=O)CO. The van der Waals surface area contributed by atoms with Gasteiger partial charge < -0.3 is 5.11 Å². The van der Waals surface area contributed by atoms with E-state index in [4.69, 9.17) is 5.11 Å². The van der Waals surface area contributed by atoms with E-state index in [1.54, 1.807) is 6.08 Å². The molecule has 0 aliphatic rings. The highest BCUT2D eigenvalue weighted by molar-refractivity contribution is 5.90. The summed E-state index contributed by atoms with van der Waals surface area (Å²) in [5.41, 5.74) is 0. The van der Waals surface area contributed by atoms with E-state index in [1.807, 2.05) is 13.8 Å². The van der Waals surface area contributed by atoms with E-state index >= 15 is 0 Å². The average Bonchev–Trinajstić information content (AvgIpc) is 1.83. The Morgan fingerprint density at radius 1 is 1.67 bits per heavy atom. The minimum atomic E-state index is -0.386. The van der Waals surface area contributed by atoms with Crippen LogP contribution in [0, 0.1) is 5.92 Å². The Morgan fingerprint density at radius 2 is 2.22 bits per heavy atom. The largest absolute Gasteiger partial charge is 0.388 e. The first-order valence-electron chi connectivity index (χ1n) is 2.98. The molecule has 0 aromatic carbocycles. The molecule has 0 atom stereocenters. The van der Waals surface area contributed by atoms with Gasteiger partial charge in [-0.3, -0.25) is 4.79 Å². The number of hydrogen-bond acceptors (Lipinski definition) is 2. The van der Waals surface area contributed by atoms with Gasteiger partial charge in [0.25, 0.3) is 0 Å². The van der Waals surface area contributed by atoms with E-state index in [1.165, 1.54) is 6.08 Å². The molecule has 2 nitrogen and oxygen atoms in total. The molecule has 9 heavy (non-hydrogen) atoms. The zero-order valence-electron chi connectivity index (χ0n) is 5.79. The second-order valence-corrected chi connectivity index (χ2v) is 2.23. The highest BCUT2D eigenvalue weighted by atomic mass is 16.3. The van der Waals surface area contributed by atoms with Crippen LogP contribution in [0.4, 0.5) is 0 Å². The number of aliphatic hydroxyl groups excluding tert-OH is 1. The summed E-state index contributed by atoms with van der Waals surface area (Å²) >= 11 is 0. The van der Waals surface area contributed by atoms with Gasteiger partial charge in [0.05, 0.1) is 0 Å². The second kappa shape index (κ2) is 4.27. The first-order chi connectivity index (χ1) is 4.16. The molecule has 0 unspecified atom stereocenters. The number of allylic oxidation sites excluding steroid dienone is 1. The number of carbonyl (C=O) groups is 1. The molecule has 0 radical (unpaired) electrons. The molecule has 52 valence electrons. The number of ketones is 1. The Hall–Kier alpha value is -0.630. The summed E-state index contributed by atoms with van der Waals surface area (Å²) < 4.78 is 0. The maximum atomic E-state index is 10.4. The van der Waals surface area contributed by atoms with Crippen molar-refractivity contribution in [1.82, 2.24) is 0 Å². The smallest absolute Gasteiger partial charge is 0.180 e. The van der Waals surface area contributed by atoms with Crippen LogP contribution in [0.1, 0.15) is 13.8 Å². The van der Waals surface area contributed by atoms with E-state index in [2.05, 4.69) is 0 Å². The fourth-order valence-corrected chi connectivity index (χ4v) is 0.352. The van der Waals surface area contributed by atoms with Gasteiger partial charge in [-0.2, -0.15) is 0 Å². The second-order valence-electron chi connectivity index (χ2n) is 2.23. The quantitative estimate of drug-likeness (QED) is 0.570. The molecule has 0 heterocycles. The third-order valence-electron chi connectivity index (χ3n) is 0.823. The third-order valence-corrected chi connectivity index (χ3v) is 0.823. The van der Waals surface area contributed by atoms with E-state index in [-0.39, 0.29) is 12.4 Å². The van der Waals surface area contributed by atoms with E-state index in [0.717, 1.165) is 0 Å². The molecule has 0 aliphatic heterocycles. The summed E-state index contributed by atoms with van der Waals surface area (Å²) in [4.78, 5) is 10.4. The molecule has 0 aromatic rings. The van der Waals surface area contributed by atoms with Crippen LogP contribution in [0.15, 0.2) is 12.2 Å². The Balaban J connectivity index is 3.57. The standard InChI is InChI=1S/C7H12O2/c1-6(2)3-4-7(9)5-8/h3-4,6,8H,5H2,1-2H3/b4-3+. The summed E-state index contributed by atoms with van der Waals surface area (Å²) in [7, 11) is 0. The van der Waals surface area contributed by atoms with Gasteiger partial charge in [-0.05, 0) is 12.0 Å². The summed E-state index contributed by atoms with van der Waals surface area (Å²) in [6, 6.07) is 0. The van der Waals surface area contributed by atoms with Crippen LogP contribution < -0.4 is 0 Å². The third kappa shape index (κ3) is 5.24. The maximum absolute atomic E-state index is 10.4. The van der Waals surface area contributed by atoms with Crippen LogP contribution in [-0.4, -0.2) is 17.5 Å². The number of aliphatic hydroxyl groups is 1. The van der Waals surface area contributed by atoms with Crippen LogP contribution in [0.2, 0.25) is 0 Å². The van der Waals surface area contributed by atoms with Crippen molar-refractivity contribution in [3.63, 3.8) is 0 Å². The summed E-state index contributed by atoms with van der Waals surface area (Å²) in [6.07, 6.45) is 3.17. The Morgan fingerprint density at radius 3 is 2.56 bits per heavy atom. The number of rotatable bonds is 3. The van der Waals surface area contributed by atoms with Gasteiger partial charge in [0.15, 0.2) is 5.78 Å². The molecule has 0 bridgehead atoms. The van der Waals surface area contributed by atoms with Crippen LogP contribution >= 0.6 is 0 Å². The molecule has 0 saturated heterocycles. The molecule has 0 aliphatic carbocycles. The molecule has 0 amide bonds. The molecule has 0 spiro atoms. The topological polar surface area (TPSA) is 37.3 Å². The molecular weight excluding hydrogens is 116 g/mol. The van der Waals surface area contributed by atoms with Crippen molar-refractivity contribution in [3.8, 4) is 0 Å². The van der Waals surface area contributed by atoms with Crippen LogP contribution in [0.3, 0.4) is 0 Å². The van der Waals surface area contributed by atoms with Crippen LogP contribution in [-0.2, 0) is 4.79 Å². The van der Waals surface area contributed by atoms with Gasteiger partial charge in [-0.1, -0.05) is 19.9 Å². The molecule has 2 heteroatoms. The summed E-state index contributed by atoms with van der Waals surface area (Å²) in [5, 5.41) is 8.25. The van der Waals surface area contributed by atoms with E-state index in [9.17, 15) is 4.79 Å². The lowest BCUT2D eigenvalue weighted by Gasteiger charge is -1.90. The minimum absolute atomic E-state index is 0.233. The predicted octanol–water partition coefficient (Wildman–Crippen LogP) is 0.760. The lowest BCUT2D eigenvalue weighted by molar-refractivity contribution is -0.117. The molecular formula is C7H12O2. The maximum Gasteiger partial charge on any atom is 0.180 e. The van der Waals surface area contributed by atoms with Crippen molar-refractivity contribution < 1.29 is 9.90 Å². The highest BCUT2D eigenvalue weighted by Crippen LogP contribution is 1.92. The minimum Gasteiger partial charge on any atom is -0.388 e.